The molecule has 74 valence electrons. The van der Waals surface area contributed by atoms with E-state index in [4.69, 9.17) is 5.11 Å². The second-order valence-corrected chi connectivity index (χ2v) is 4.86. The summed E-state index contributed by atoms with van der Waals surface area (Å²) >= 11 is 0. The lowest BCUT2D eigenvalue weighted by Gasteiger charge is -2.68. The van der Waals surface area contributed by atoms with Crippen LogP contribution < -0.4 is 0 Å². The molecular formula is C9H12F2O2. The summed E-state index contributed by atoms with van der Waals surface area (Å²) in [5.41, 5.74) is -0.956. The average molecular weight is 190 g/mol. The molecule has 3 rings (SSSR count). The van der Waals surface area contributed by atoms with Crippen LogP contribution in [0.3, 0.4) is 0 Å². The summed E-state index contributed by atoms with van der Waals surface area (Å²) < 4.78 is 25.3. The Kier molecular flexibility index (Phi) is 1.40. The third-order valence-corrected chi connectivity index (χ3v) is 3.28. The lowest BCUT2D eigenvalue weighted by molar-refractivity contribution is -0.242. The van der Waals surface area contributed by atoms with Crippen LogP contribution in [0.5, 0.6) is 0 Å². The van der Waals surface area contributed by atoms with Crippen LogP contribution >= 0.6 is 0 Å². The highest BCUT2D eigenvalue weighted by atomic mass is 19.3. The molecule has 0 aromatic heterocycles. The van der Waals surface area contributed by atoms with Crippen molar-refractivity contribution in [3.63, 3.8) is 0 Å². The van der Waals surface area contributed by atoms with Crippen molar-refractivity contribution in [3.05, 3.63) is 0 Å². The Morgan fingerprint density at radius 2 is 1.92 bits per heavy atom. The minimum atomic E-state index is -2.65. The van der Waals surface area contributed by atoms with Crippen molar-refractivity contribution >= 4 is 5.97 Å². The number of hydrogen-bond donors (Lipinski definition) is 1. The molecule has 2 bridgehead atoms. The minimum Gasteiger partial charge on any atom is -0.481 e. The fourth-order valence-electron chi connectivity index (χ4n) is 3.07. The molecule has 0 heterocycles. The van der Waals surface area contributed by atoms with E-state index in [1.807, 2.05) is 0 Å². The summed E-state index contributed by atoms with van der Waals surface area (Å²) in [5.74, 6) is -3.46. The van der Waals surface area contributed by atoms with Gasteiger partial charge < -0.3 is 5.11 Å². The van der Waals surface area contributed by atoms with Crippen molar-refractivity contribution in [2.75, 3.05) is 0 Å². The van der Waals surface area contributed by atoms with Crippen molar-refractivity contribution in [2.45, 2.75) is 38.5 Å². The summed E-state index contributed by atoms with van der Waals surface area (Å²) in [4.78, 5) is 10.7. The van der Waals surface area contributed by atoms with Gasteiger partial charge in [0.1, 0.15) is 0 Å². The van der Waals surface area contributed by atoms with Crippen molar-refractivity contribution in [1.29, 1.82) is 0 Å². The topological polar surface area (TPSA) is 37.3 Å². The van der Waals surface area contributed by atoms with Gasteiger partial charge in [0.15, 0.2) is 0 Å². The zero-order chi connectivity index (χ0) is 9.91. The Morgan fingerprint density at radius 3 is 2.23 bits per heavy atom. The van der Waals surface area contributed by atoms with Gasteiger partial charge in [0.05, 0.1) is 5.41 Å². The molecule has 0 spiro atoms. The molecule has 0 radical (unpaired) electrons. The maximum absolute atomic E-state index is 12.6. The van der Waals surface area contributed by atoms with E-state index in [1.54, 1.807) is 0 Å². The Balaban J connectivity index is 1.94. The largest absolute Gasteiger partial charge is 0.481 e. The zero-order valence-corrected chi connectivity index (χ0v) is 7.44. The molecule has 2 nitrogen and oxygen atoms in total. The third kappa shape index (κ3) is 1.15. The van der Waals surface area contributed by atoms with Gasteiger partial charge in [0.25, 0.3) is 0 Å². The number of alkyl halides is 2. The van der Waals surface area contributed by atoms with E-state index in [0.29, 0.717) is 19.3 Å². The van der Waals surface area contributed by atoms with E-state index in [0.717, 1.165) is 6.92 Å². The predicted octanol–water partition coefficient (Wildman–Crippen LogP) is 2.29. The summed E-state index contributed by atoms with van der Waals surface area (Å²) in [6, 6.07) is 0. The molecule has 1 N–H and O–H groups in total. The summed E-state index contributed by atoms with van der Waals surface area (Å²) in [7, 11) is 0. The Bertz CT molecular complexity index is 248. The van der Waals surface area contributed by atoms with Gasteiger partial charge in [-0.2, -0.15) is 0 Å². The van der Waals surface area contributed by atoms with Crippen molar-refractivity contribution in [3.8, 4) is 0 Å². The normalized spacial score (nSPS) is 42.1. The van der Waals surface area contributed by atoms with Gasteiger partial charge >= 0.3 is 5.97 Å². The number of aliphatic carboxylic acids is 1. The number of carbonyl (C=O) groups is 1. The second kappa shape index (κ2) is 2.04. The van der Waals surface area contributed by atoms with Crippen LogP contribution in [0.2, 0.25) is 0 Å². The Hall–Kier alpha value is -0.670. The fraction of sp³-hybridized carbons (Fsp3) is 0.889. The molecule has 3 aliphatic rings. The van der Waals surface area contributed by atoms with E-state index in [2.05, 4.69) is 0 Å². The molecule has 0 atom stereocenters. The number of carboxylic acid groups (broad SMARTS) is 1. The van der Waals surface area contributed by atoms with E-state index in [-0.39, 0.29) is 11.8 Å². The fourth-order valence-corrected chi connectivity index (χ4v) is 3.07. The van der Waals surface area contributed by atoms with Gasteiger partial charge in [-0.05, 0) is 31.6 Å². The van der Waals surface area contributed by atoms with Gasteiger partial charge in [0.2, 0.25) is 5.92 Å². The molecule has 0 aromatic rings. The summed E-state index contributed by atoms with van der Waals surface area (Å²) in [6.07, 6.45) is 1.23. The van der Waals surface area contributed by atoms with Crippen LogP contribution in [-0.4, -0.2) is 17.0 Å². The van der Waals surface area contributed by atoms with Gasteiger partial charge in [0, 0.05) is 6.42 Å². The molecule has 13 heavy (non-hydrogen) atoms. The monoisotopic (exact) mass is 190 g/mol. The molecule has 3 saturated carbocycles. The summed E-state index contributed by atoms with van der Waals surface area (Å²) in [5, 5.41) is 8.76. The molecule has 4 heteroatoms. The van der Waals surface area contributed by atoms with E-state index in [9.17, 15) is 13.6 Å². The van der Waals surface area contributed by atoms with Gasteiger partial charge in [-0.15, -0.1) is 0 Å². The maximum atomic E-state index is 12.6. The van der Waals surface area contributed by atoms with E-state index in [1.165, 1.54) is 0 Å². The molecule has 0 aliphatic heterocycles. The molecule has 0 saturated heterocycles. The number of hydrogen-bond acceptors (Lipinski definition) is 1. The first-order valence-electron chi connectivity index (χ1n) is 4.38. The molecule has 0 aromatic carbocycles. The molecular weight excluding hydrogens is 178 g/mol. The summed E-state index contributed by atoms with van der Waals surface area (Å²) in [6.45, 7) is 0.904. The van der Waals surface area contributed by atoms with Crippen LogP contribution in [0.25, 0.3) is 0 Å². The Morgan fingerprint density at radius 1 is 1.46 bits per heavy atom. The minimum absolute atomic E-state index is 0.144. The third-order valence-electron chi connectivity index (χ3n) is 3.28. The van der Waals surface area contributed by atoms with Crippen LogP contribution in [-0.2, 0) is 4.79 Å². The standard InChI is InChI=1S/C9H12F2O2/c1-7(10,11)2-8-3-9(4-8,5-8)6(12)13/h2-5H2,1H3,(H,12,13). The molecule has 3 fully saturated rings. The van der Waals surface area contributed by atoms with Gasteiger partial charge in [-0.1, -0.05) is 0 Å². The van der Waals surface area contributed by atoms with Crippen molar-refractivity contribution in [1.82, 2.24) is 0 Å². The van der Waals surface area contributed by atoms with E-state index < -0.39 is 17.3 Å². The van der Waals surface area contributed by atoms with Crippen LogP contribution in [0.1, 0.15) is 32.6 Å². The second-order valence-electron chi connectivity index (χ2n) is 4.86. The smallest absolute Gasteiger partial charge is 0.309 e. The lowest BCUT2D eigenvalue weighted by Crippen LogP contribution is -2.66. The molecule has 0 amide bonds. The first kappa shape index (κ1) is 8.91. The highest BCUT2D eigenvalue weighted by Crippen LogP contribution is 2.75. The SMILES string of the molecule is CC(F)(F)CC12CC(C(=O)O)(C1)C2. The van der Waals surface area contributed by atoms with Crippen LogP contribution in [0.15, 0.2) is 0 Å². The first-order chi connectivity index (χ1) is 5.77. The van der Waals surface area contributed by atoms with Gasteiger partial charge in [-0.25, -0.2) is 8.78 Å². The highest BCUT2D eigenvalue weighted by molar-refractivity contribution is 5.79. The maximum Gasteiger partial charge on any atom is 0.309 e. The van der Waals surface area contributed by atoms with Crippen LogP contribution in [0, 0.1) is 10.8 Å². The van der Waals surface area contributed by atoms with Crippen molar-refractivity contribution in [2.24, 2.45) is 10.8 Å². The van der Waals surface area contributed by atoms with Crippen LogP contribution in [0.4, 0.5) is 8.78 Å². The average Bonchev–Trinajstić information content (AvgIpc) is 1.71. The predicted molar refractivity (Wildman–Crippen MR) is 41.6 cm³/mol. The van der Waals surface area contributed by atoms with Gasteiger partial charge in [-0.3, -0.25) is 4.79 Å². The quantitative estimate of drug-likeness (QED) is 0.741. The number of rotatable bonds is 3. The Labute approximate surface area is 74.9 Å². The van der Waals surface area contributed by atoms with Crippen molar-refractivity contribution < 1.29 is 18.7 Å². The number of halogens is 2. The number of carboxylic acids is 1. The molecule has 3 aliphatic carbocycles. The molecule has 0 unspecified atom stereocenters. The lowest BCUT2D eigenvalue weighted by atomic mass is 9.34. The highest BCUT2D eigenvalue weighted by Gasteiger charge is 2.72. The zero-order valence-electron chi connectivity index (χ0n) is 7.44. The first-order valence-corrected chi connectivity index (χ1v) is 4.38. The van der Waals surface area contributed by atoms with E-state index >= 15 is 0 Å².